The minimum atomic E-state index is -0.488. The molecule has 2 aromatic heterocycles. The highest BCUT2D eigenvalue weighted by Crippen LogP contribution is 2.38. The molecule has 5 aromatic rings. The lowest BCUT2D eigenvalue weighted by molar-refractivity contribution is 0.413. The number of aromatic nitrogens is 4. The van der Waals surface area contributed by atoms with E-state index in [1.165, 1.54) is 6.07 Å². The first kappa shape index (κ1) is 20.1. The maximum atomic E-state index is 14.4. The van der Waals surface area contributed by atoms with Crippen LogP contribution >= 0.6 is 15.9 Å². The Kier molecular flexibility index (Phi) is 5.28. The smallest absolute Gasteiger partial charge is 0.255 e. The largest absolute Gasteiger partial charge is 0.435 e. The molecular formula is C24H16BrFN4O2. The molecule has 8 heteroatoms. The van der Waals surface area contributed by atoms with Crippen molar-refractivity contribution >= 4 is 15.9 Å². The number of rotatable bonds is 5. The molecule has 0 aliphatic heterocycles. The van der Waals surface area contributed by atoms with Gasteiger partial charge in [-0.05, 0) is 55.5 Å². The second-order valence-corrected chi connectivity index (χ2v) is 7.88. The average Bonchev–Trinajstić information content (AvgIpc) is 3.41. The van der Waals surface area contributed by atoms with Gasteiger partial charge in [-0.3, -0.25) is 0 Å². The minimum Gasteiger partial charge on any atom is -0.435 e. The zero-order valence-electron chi connectivity index (χ0n) is 16.9. The first-order valence-electron chi connectivity index (χ1n) is 9.77. The number of ether oxygens (including phenoxy) is 1. The highest BCUT2D eigenvalue weighted by atomic mass is 79.9. The quantitative estimate of drug-likeness (QED) is 0.278. The van der Waals surface area contributed by atoms with Gasteiger partial charge in [-0.2, -0.15) is 9.78 Å². The molecule has 2 heterocycles. The van der Waals surface area contributed by atoms with E-state index in [1.54, 1.807) is 22.9 Å². The van der Waals surface area contributed by atoms with Gasteiger partial charge in [0.2, 0.25) is 11.8 Å². The maximum absolute atomic E-state index is 14.4. The van der Waals surface area contributed by atoms with E-state index in [9.17, 15) is 4.39 Å². The number of para-hydroxylation sites is 2. The fourth-order valence-electron chi connectivity index (χ4n) is 3.26. The number of benzene rings is 3. The molecule has 32 heavy (non-hydrogen) atoms. The van der Waals surface area contributed by atoms with E-state index >= 15 is 0 Å². The van der Waals surface area contributed by atoms with E-state index in [0.717, 1.165) is 15.7 Å². The molecule has 0 unspecified atom stereocenters. The van der Waals surface area contributed by atoms with Crippen LogP contribution in [0.25, 0.3) is 28.6 Å². The molecule has 0 aliphatic carbocycles. The molecule has 0 amide bonds. The summed E-state index contributed by atoms with van der Waals surface area (Å²) in [6.45, 7) is 1.81. The summed E-state index contributed by atoms with van der Waals surface area (Å²) in [5, 5.41) is 13.0. The molecule has 5 rings (SSSR count). The Morgan fingerprint density at radius 2 is 1.56 bits per heavy atom. The van der Waals surface area contributed by atoms with Crippen molar-refractivity contribution in [3.63, 3.8) is 0 Å². The number of aryl methyl sites for hydroxylation is 1. The predicted molar refractivity (Wildman–Crippen MR) is 121 cm³/mol. The van der Waals surface area contributed by atoms with Crippen molar-refractivity contribution in [2.45, 2.75) is 6.92 Å². The molecule has 0 fully saturated rings. The van der Waals surface area contributed by atoms with Crippen LogP contribution in [0, 0.1) is 12.7 Å². The summed E-state index contributed by atoms with van der Waals surface area (Å²) in [6, 6.07) is 23.2. The predicted octanol–water partition coefficient (Wildman–Crippen LogP) is 6.59. The molecule has 0 saturated carbocycles. The summed E-state index contributed by atoms with van der Waals surface area (Å²) >= 11 is 3.42. The van der Waals surface area contributed by atoms with Gasteiger partial charge in [-0.15, -0.1) is 10.2 Å². The topological polar surface area (TPSA) is 66.0 Å². The average molecular weight is 491 g/mol. The number of nitrogens with zero attached hydrogens (tertiary/aromatic N) is 4. The standard InChI is InChI=1S/C24H16BrFN4O2/c1-15-21(23-28-27-22(32-23)16-11-13-17(25)14-12-16)24(31-20-10-6-5-9-19(20)26)30(29-15)18-7-3-2-4-8-18/h2-14H,1H3. The Morgan fingerprint density at radius 1 is 0.875 bits per heavy atom. The lowest BCUT2D eigenvalue weighted by Crippen LogP contribution is -2.00. The van der Waals surface area contributed by atoms with Crippen LogP contribution < -0.4 is 4.74 Å². The number of hydrogen-bond donors (Lipinski definition) is 0. The Balaban J connectivity index is 1.64. The summed E-state index contributed by atoms with van der Waals surface area (Å²) in [4.78, 5) is 0. The van der Waals surface area contributed by atoms with E-state index in [1.807, 2.05) is 61.5 Å². The van der Waals surface area contributed by atoms with Gasteiger partial charge in [-0.1, -0.05) is 46.3 Å². The zero-order chi connectivity index (χ0) is 22.1. The molecule has 0 bridgehead atoms. The molecule has 0 aliphatic rings. The van der Waals surface area contributed by atoms with Crippen molar-refractivity contribution in [2.75, 3.05) is 0 Å². The molecule has 3 aromatic carbocycles. The fraction of sp³-hybridized carbons (Fsp3) is 0.0417. The molecule has 0 N–H and O–H groups in total. The molecular weight excluding hydrogens is 475 g/mol. The highest BCUT2D eigenvalue weighted by molar-refractivity contribution is 9.10. The maximum Gasteiger partial charge on any atom is 0.255 e. The van der Waals surface area contributed by atoms with Crippen molar-refractivity contribution in [1.82, 2.24) is 20.0 Å². The van der Waals surface area contributed by atoms with Crippen LogP contribution in [-0.4, -0.2) is 20.0 Å². The van der Waals surface area contributed by atoms with E-state index in [4.69, 9.17) is 9.15 Å². The van der Waals surface area contributed by atoms with E-state index in [-0.39, 0.29) is 17.5 Å². The van der Waals surface area contributed by atoms with Gasteiger partial charge in [0.15, 0.2) is 11.6 Å². The zero-order valence-corrected chi connectivity index (χ0v) is 18.5. The second kappa shape index (κ2) is 8.39. The van der Waals surface area contributed by atoms with E-state index in [0.29, 0.717) is 17.1 Å². The lowest BCUT2D eigenvalue weighted by atomic mass is 10.2. The third kappa shape index (κ3) is 3.80. The van der Waals surface area contributed by atoms with Crippen molar-refractivity contribution in [3.8, 4) is 40.2 Å². The van der Waals surface area contributed by atoms with Crippen LogP contribution in [-0.2, 0) is 0 Å². The molecule has 0 atom stereocenters. The van der Waals surface area contributed by atoms with Crippen LogP contribution in [0.4, 0.5) is 4.39 Å². The first-order chi connectivity index (χ1) is 15.6. The van der Waals surface area contributed by atoms with Crippen LogP contribution in [0.2, 0.25) is 0 Å². The van der Waals surface area contributed by atoms with Crippen LogP contribution in [0.1, 0.15) is 5.69 Å². The number of halogens is 2. The van der Waals surface area contributed by atoms with E-state index in [2.05, 4.69) is 31.2 Å². The van der Waals surface area contributed by atoms with Crippen LogP contribution in [0.15, 0.2) is 87.8 Å². The van der Waals surface area contributed by atoms with Gasteiger partial charge < -0.3 is 9.15 Å². The van der Waals surface area contributed by atoms with E-state index < -0.39 is 5.82 Å². The van der Waals surface area contributed by atoms with Crippen molar-refractivity contribution in [1.29, 1.82) is 0 Å². The van der Waals surface area contributed by atoms with Gasteiger partial charge in [-0.25, -0.2) is 4.39 Å². The van der Waals surface area contributed by atoms with Gasteiger partial charge >= 0.3 is 0 Å². The Labute approximate surface area is 191 Å². The summed E-state index contributed by atoms with van der Waals surface area (Å²) in [7, 11) is 0. The molecule has 0 saturated heterocycles. The third-order valence-corrected chi connectivity index (χ3v) is 5.32. The lowest BCUT2D eigenvalue weighted by Gasteiger charge is -2.10. The van der Waals surface area contributed by atoms with Crippen molar-refractivity contribution in [2.24, 2.45) is 0 Å². The van der Waals surface area contributed by atoms with Crippen LogP contribution in [0.5, 0.6) is 11.6 Å². The fourth-order valence-corrected chi connectivity index (χ4v) is 3.52. The molecule has 0 spiro atoms. The molecule has 158 valence electrons. The summed E-state index contributed by atoms with van der Waals surface area (Å²) in [5.41, 5.74) is 2.62. The van der Waals surface area contributed by atoms with Gasteiger partial charge in [0.25, 0.3) is 5.89 Å². The molecule has 6 nitrogen and oxygen atoms in total. The normalized spacial score (nSPS) is 11.0. The van der Waals surface area contributed by atoms with Crippen molar-refractivity contribution in [3.05, 3.63) is 94.8 Å². The third-order valence-electron chi connectivity index (χ3n) is 4.79. The minimum absolute atomic E-state index is 0.0680. The number of hydrogen-bond acceptors (Lipinski definition) is 5. The first-order valence-corrected chi connectivity index (χ1v) is 10.6. The molecule has 0 radical (unpaired) electrons. The van der Waals surface area contributed by atoms with Gasteiger partial charge in [0, 0.05) is 10.0 Å². The highest BCUT2D eigenvalue weighted by Gasteiger charge is 2.26. The summed E-state index contributed by atoms with van der Waals surface area (Å²) in [6.07, 6.45) is 0. The van der Waals surface area contributed by atoms with Crippen LogP contribution in [0.3, 0.4) is 0 Å². The monoisotopic (exact) mass is 490 g/mol. The van der Waals surface area contributed by atoms with Gasteiger partial charge in [0.05, 0.1) is 11.4 Å². The SMILES string of the molecule is Cc1nn(-c2ccccc2)c(Oc2ccccc2F)c1-c1nnc(-c2ccc(Br)cc2)o1. The second-order valence-electron chi connectivity index (χ2n) is 6.96. The Hall–Kier alpha value is -3.78. The Morgan fingerprint density at radius 3 is 2.31 bits per heavy atom. The van der Waals surface area contributed by atoms with Gasteiger partial charge in [0.1, 0.15) is 5.56 Å². The summed E-state index contributed by atoms with van der Waals surface area (Å²) < 4.78 is 28.9. The Bertz CT molecular complexity index is 1380. The van der Waals surface area contributed by atoms with Crippen molar-refractivity contribution < 1.29 is 13.5 Å². The summed E-state index contributed by atoms with van der Waals surface area (Å²) in [5.74, 6) is 0.450.